The summed E-state index contributed by atoms with van der Waals surface area (Å²) in [5.41, 5.74) is 14.6. The predicted molar refractivity (Wildman–Crippen MR) is 133 cm³/mol. The van der Waals surface area contributed by atoms with Crippen LogP contribution in [0.1, 0.15) is 36.9 Å². The molecule has 0 bridgehead atoms. The molecule has 9 nitrogen and oxygen atoms in total. The molecule has 4 heterocycles. The SMILES string of the molecule is CO/N=C(\Cc1cccc(N)n1)C1CCN(C(=O)C2CCN(Cc3ccnc(N)c3)CC2)CC1. The lowest BCUT2D eigenvalue weighted by molar-refractivity contribution is -0.138. The van der Waals surface area contributed by atoms with E-state index in [0.29, 0.717) is 24.0 Å². The number of nitrogens with zero attached hydrogens (tertiary/aromatic N) is 5. The quantitative estimate of drug-likeness (QED) is 0.475. The van der Waals surface area contributed by atoms with E-state index < -0.39 is 0 Å². The number of likely N-dealkylation sites (tertiary alicyclic amines) is 2. The number of hydrogen-bond acceptors (Lipinski definition) is 8. The van der Waals surface area contributed by atoms with Crippen molar-refractivity contribution in [1.29, 1.82) is 0 Å². The number of nitrogen functional groups attached to an aromatic ring is 2. The van der Waals surface area contributed by atoms with Gasteiger partial charge in [0.2, 0.25) is 5.91 Å². The van der Waals surface area contributed by atoms with Gasteiger partial charge in [0.05, 0.1) is 5.71 Å². The van der Waals surface area contributed by atoms with Gasteiger partial charge in [-0.1, -0.05) is 11.2 Å². The third-order valence-electron chi connectivity index (χ3n) is 6.87. The average Bonchev–Trinajstić information content (AvgIpc) is 2.84. The molecule has 2 aliphatic heterocycles. The Hall–Kier alpha value is -3.20. The maximum atomic E-state index is 13.2. The summed E-state index contributed by atoms with van der Waals surface area (Å²) in [4.78, 5) is 31.2. The lowest BCUT2D eigenvalue weighted by Crippen LogP contribution is -2.46. The molecule has 34 heavy (non-hydrogen) atoms. The first-order valence-electron chi connectivity index (χ1n) is 12.0. The molecule has 1 amide bonds. The number of hydrogen-bond donors (Lipinski definition) is 2. The molecular weight excluding hydrogens is 430 g/mol. The number of carbonyl (C=O) groups excluding carboxylic acids is 1. The highest BCUT2D eigenvalue weighted by Gasteiger charge is 2.32. The van der Waals surface area contributed by atoms with Crippen LogP contribution >= 0.6 is 0 Å². The van der Waals surface area contributed by atoms with Crippen molar-refractivity contribution in [1.82, 2.24) is 19.8 Å². The summed E-state index contributed by atoms with van der Waals surface area (Å²) >= 11 is 0. The van der Waals surface area contributed by atoms with E-state index >= 15 is 0 Å². The predicted octanol–water partition coefficient (Wildman–Crippen LogP) is 2.34. The maximum absolute atomic E-state index is 13.2. The van der Waals surface area contributed by atoms with Crippen LogP contribution in [-0.4, -0.2) is 64.7 Å². The van der Waals surface area contributed by atoms with Gasteiger partial charge in [0.25, 0.3) is 0 Å². The van der Waals surface area contributed by atoms with E-state index in [9.17, 15) is 4.79 Å². The van der Waals surface area contributed by atoms with Crippen LogP contribution in [0.5, 0.6) is 0 Å². The summed E-state index contributed by atoms with van der Waals surface area (Å²) in [6.07, 6.45) is 5.93. The standard InChI is InChI=1S/C25H35N7O2/c1-34-30-22(16-21-3-2-4-23(26)29-21)19-8-13-32(14-9-19)25(33)20-6-11-31(12-7-20)17-18-5-10-28-24(27)15-18/h2-5,10,15,19-20H,6-9,11-14,16-17H2,1H3,(H2,26,29)(H2,27,28)/b30-22+. The largest absolute Gasteiger partial charge is 0.399 e. The second-order valence-electron chi connectivity index (χ2n) is 9.23. The summed E-state index contributed by atoms with van der Waals surface area (Å²) < 4.78 is 0. The number of anilines is 2. The Balaban J connectivity index is 1.25. The molecule has 2 aromatic rings. The zero-order valence-electron chi connectivity index (χ0n) is 19.9. The molecule has 0 aromatic carbocycles. The fraction of sp³-hybridized carbons (Fsp3) is 0.520. The van der Waals surface area contributed by atoms with Gasteiger partial charge >= 0.3 is 0 Å². The first-order chi connectivity index (χ1) is 16.5. The fourth-order valence-electron chi connectivity index (χ4n) is 5.03. The molecule has 0 atom stereocenters. The van der Waals surface area contributed by atoms with Gasteiger partial charge < -0.3 is 21.2 Å². The van der Waals surface area contributed by atoms with Crippen LogP contribution in [-0.2, 0) is 22.6 Å². The highest BCUT2D eigenvalue weighted by molar-refractivity contribution is 5.88. The number of amides is 1. The van der Waals surface area contributed by atoms with Crippen molar-refractivity contribution in [2.24, 2.45) is 17.0 Å². The second-order valence-corrected chi connectivity index (χ2v) is 9.23. The lowest BCUT2D eigenvalue weighted by atomic mass is 9.88. The van der Waals surface area contributed by atoms with E-state index in [-0.39, 0.29) is 11.8 Å². The van der Waals surface area contributed by atoms with Crippen molar-refractivity contribution in [3.8, 4) is 0 Å². The van der Waals surface area contributed by atoms with E-state index in [1.165, 1.54) is 5.56 Å². The monoisotopic (exact) mass is 465 g/mol. The Morgan fingerprint density at radius 2 is 1.79 bits per heavy atom. The highest BCUT2D eigenvalue weighted by Crippen LogP contribution is 2.26. The molecule has 0 unspecified atom stereocenters. The zero-order chi connectivity index (χ0) is 23.9. The number of rotatable bonds is 7. The molecule has 2 aromatic heterocycles. The molecule has 0 saturated carbocycles. The Labute approximate surface area is 201 Å². The van der Waals surface area contributed by atoms with Crippen molar-refractivity contribution >= 4 is 23.3 Å². The van der Waals surface area contributed by atoms with Gasteiger partial charge in [0.15, 0.2) is 0 Å². The van der Waals surface area contributed by atoms with Gasteiger partial charge in [-0.05, 0) is 68.6 Å². The van der Waals surface area contributed by atoms with Gasteiger partial charge in [-0.15, -0.1) is 0 Å². The molecule has 4 rings (SSSR count). The van der Waals surface area contributed by atoms with Crippen molar-refractivity contribution < 1.29 is 9.63 Å². The van der Waals surface area contributed by atoms with Gasteiger partial charge in [-0.3, -0.25) is 9.69 Å². The number of pyridine rings is 2. The molecule has 2 saturated heterocycles. The number of aromatic nitrogens is 2. The lowest BCUT2D eigenvalue weighted by Gasteiger charge is -2.37. The van der Waals surface area contributed by atoms with E-state index in [1.54, 1.807) is 19.4 Å². The molecule has 0 spiro atoms. The molecule has 0 aliphatic carbocycles. The molecule has 182 valence electrons. The van der Waals surface area contributed by atoms with Crippen LogP contribution in [0, 0.1) is 11.8 Å². The first-order valence-corrected chi connectivity index (χ1v) is 12.0. The molecule has 4 N–H and O–H groups in total. The highest BCUT2D eigenvalue weighted by atomic mass is 16.6. The van der Waals surface area contributed by atoms with Crippen LogP contribution in [0.15, 0.2) is 41.7 Å². The minimum atomic E-state index is 0.110. The summed E-state index contributed by atoms with van der Waals surface area (Å²) in [6, 6.07) is 9.56. The summed E-state index contributed by atoms with van der Waals surface area (Å²) in [7, 11) is 1.57. The fourth-order valence-corrected chi connectivity index (χ4v) is 5.03. The molecule has 0 radical (unpaired) electrons. The Bertz CT molecular complexity index is 996. The number of piperidine rings is 2. The van der Waals surface area contributed by atoms with Crippen LogP contribution in [0.3, 0.4) is 0 Å². The average molecular weight is 466 g/mol. The van der Waals surface area contributed by atoms with E-state index in [1.807, 2.05) is 29.2 Å². The number of oxime groups is 1. The van der Waals surface area contributed by atoms with Crippen molar-refractivity contribution in [2.75, 3.05) is 44.8 Å². The summed E-state index contributed by atoms with van der Waals surface area (Å²) in [5.74, 6) is 1.74. The topological polar surface area (TPSA) is 123 Å². The summed E-state index contributed by atoms with van der Waals surface area (Å²) in [6.45, 7) is 4.21. The smallest absolute Gasteiger partial charge is 0.225 e. The van der Waals surface area contributed by atoms with E-state index in [4.69, 9.17) is 16.3 Å². The third-order valence-corrected chi connectivity index (χ3v) is 6.87. The number of carbonyl (C=O) groups is 1. The second kappa shape index (κ2) is 11.3. The van der Waals surface area contributed by atoms with Crippen molar-refractivity contribution in [3.05, 3.63) is 47.8 Å². The van der Waals surface area contributed by atoms with Gasteiger partial charge in [-0.2, -0.15) is 0 Å². The normalized spacial score (nSPS) is 18.7. The molecule has 2 aliphatic rings. The zero-order valence-corrected chi connectivity index (χ0v) is 19.9. The van der Waals surface area contributed by atoms with Crippen LogP contribution in [0.4, 0.5) is 11.6 Å². The van der Waals surface area contributed by atoms with Crippen molar-refractivity contribution in [2.45, 2.75) is 38.6 Å². The van der Waals surface area contributed by atoms with Crippen molar-refractivity contribution in [3.63, 3.8) is 0 Å². The van der Waals surface area contributed by atoms with Gasteiger partial charge in [0, 0.05) is 49.8 Å². The Morgan fingerprint density at radius 1 is 1.06 bits per heavy atom. The maximum Gasteiger partial charge on any atom is 0.225 e. The number of nitrogens with two attached hydrogens (primary N) is 2. The Kier molecular flexibility index (Phi) is 7.95. The van der Waals surface area contributed by atoms with E-state index in [0.717, 1.165) is 69.8 Å². The Morgan fingerprint density at radius 3 is 2.47 bits per heavy atom. The molecular formula is C25H35N7O2. The summed E-state index contributed by atoms with van der Waals surface area (Å²) in [5, 5.41) is 4.30. The first kappa shape index (κ1) is 23.9. The third kappa shape index (κ3) is 6.22. The van der Waals surface area contributed by atoms with Crippen LogP contribution in [0.2, 0.25) is 0 Å². The van der Waals surface area contributed by atoms with Crippen LogP contribution < -0.4 is 11.5 Å². The van der Waals surface area contributed by atoms with Gasteiger partial charge in [-0.25, -0.2) is 9.97 Å². The minimum absolute atomic E-state index is 0.110. The van der Waals surface area contributed by atoms with E-state index in [2.05, 4.69) is 20.0 Å². The van der Waals surface area contributed by atoms with Gasteiger partial charge in [0.1, 0.15) is 18.7 Å². The minimum Gasteiger partial charge on any atom is -0.399 e. The molecule has 2 fully saturated rings. The van der Waals surface area contributed by atoms with Crippen LogP contribution in [0.25, 0.3) is 0 Å². The molecule has 9 heteroatoms.